The normalized spacial score (nSPS) is 16.2. The molecular weight excluding hydrogens is 493 g/mol. The SMILES string of the molecule is CN=C(NCC(c1ccc(OC)cc1)N1CCCCC1)NCC(C)(C)C(=O)NC.I. The number of methoxy groups -OCH3 is 1. The molecule has 0 radical (unpaired) electrons. The number of piperidine rings is 1. The van der Waals surface area contributed by atoms with Crippen LogP contribution in [0.3, 0.4) is 0 Å². The van der Waals surface area contributed by atoms with Crippen molar-refractivity contribution >= 4 is 35.8 Å². The number of rotatable bonds is 8. The lowest BCUT2D eigenvalue weighted by molar-refractivity contribution is -0.128. The van der Waals surface area contributed by atoms with Gasteiger partial charge in [-0.25, -0.2) is 0 Å². The Morgan fingerprint density at radius 2 is 1.80 bits per heavy atom. The summed E-state index contributed by atoms with van der Waals surface area (Å²) < 4.78 is 5.31. The highest BCUT2D eigenvalue weighted by Gasteiger charge is 2.27. The number of guanidine groups is 1. The summed E-state index contributed by atoms with van der Waals surface area (Å²) in [6, 6.07) is 8.58. The summed E-state index contributed by atoms with van der Waals surface area (Å²) in [5, 5.41) is 9.47. The van der Waals surface area contributed by atoms with Gasteiger partial charge in [0, 0.05) is 27.2 Å². The second-order valence-electron chi connectivity index (χ2n) is 8.16. The van der Waals surface area contributed by atoms with Crippen LogP contribution in [0.15, 0.2) is 29.3 Å². The van der Waals surface area contributed by atoms with Crippen molar-refractivity contribution in [1.82, 2.24) is 20.9 Å². The molecular formula is C22H38IN5O2. The van der Waals surface area contributed by atoms with E-state index in [1.165, 1.54) is 24.8 Å². The van der Waals surface area contributed by atoms with Crippen molar-refractivity contribution in [3.63, 3.8) is 0 Å². The van der Waals surface area contributed by atoms with Gasteiger partial charge < -0.3 is 20.7 Å². The van der Waals surface area contributed by atoms with Gasteiger partial charge in [0.05, 0.1) is 18.6 Å². The zero-order valence-corrected chi connectivity index (χ0v) is 21.3. The first-order valence-electron chi connectivity index (χ1n) is 10.5. The number of carbonyl (C=O) groups excluding carboxylic acids is 1. The van der Waals surface area contributed by atoms with Crippen LogP contribution in [0, 0.1) is 5.41 Å². The Morgan fingerprint density at radius 1 is 1.17 bits per heavy atom. The first-order valence-corrected chi connectivity index (χ1v) is 10.5. The lowest BCUT2D eigenvalue weighted by atomic mass is 9.92. The summed E-state index contributed by atoms with van der Waals surface area (Å²) in [6.45, 7) is 7.29. The van der Waals surface area contributed by atoms with E-state index >= 15 is 0 Å². The van der Waals surface area contributed by atoms with Crippen LogP contribution < -0.4 is 20.7 Å². The number of carbonyl (C=O) groups is 1. The fourth-order valence-electron chi connectivity index (χ4n) is 3.65. The molecule has 1 amide bonds. The number of ether oxygens (including phenoxy) is 1. The standard InChI is InChI=1S/C22H37N5O2.HI/c1-22(2,20(28)23-3)16-26-21(24-4)25-15-19(27-13-7-6-8-14-27)17-9-11-18(29-5)12-10-17;/h9-12,19H,6-8,13-16H2,1-5H3,(H,23,28)(H2,24,25,26);1H. The topological polar surface area (TPSA) is 78.0 Å². The van der Waals surface area contributed by atoms with E-state index < -0.39 is 5.41 Å². The van der Waals surface area contributed by atoms with Crippen LogP contribution in [0.25, 0.3) is 0 Å². The number of hydrogen-bond donors (Lipinski definition) is 3. The Labute approximate surface area is 198 Å². The smallest absolute Gasteiger partial charge is 0.227 e. The monoisotopic (exact) mass is 531 g/mol. The number of amides is 1. The Bertz CT molecular complexity index is 673. The third-order valence-electron chi connectivity index (χ3n) is 5.56. The molecule has 1 heterocycles. The van der Waals surface area contributed by atoms with Crippen LogP contribution in [0.2, 0.25) is 0 Å². The molecule has 1 aliphatic heterocycles. The van der Waals surface area contributed by atoms with Crippen molar-refractivity contribution in [1.29, 1.82) is 0 Å². The van der Waals surface area contributed by atoms with Crippen LogP contribution >= 0.6 is 24.0 Å². The summed E-state index contributed by atoms with van der Waals surface area (Å²) in [5.74, 6) is 1.58. The van der Waals surface area contributed by atoms with E-state index in [9.17, 15) is 4.79 Å². The number of hydrogen-bond acceptors (Lipinski definition) is 4. The van der Waals surface area contributed by atoms with Crippen molar-refractivity contribution in [2.45, 2.75) is 39.2 Å². The first-order chi connectivity index (χ1) is 13.9. The third-order valence-corrected chi connectivity index (χ3v) is 5.56. The van der Waals surface area contributed by atoms with Crippen molar-refractivity contribution < 1.29 is 9.53 Å². The molecule has 1 saturated heterocycles. The van der Waals surface area contributed by atoms with Gasteiger partial charge in [-0.2, -0.15) is 0 Å². The van der Waals surface area contributed by atoms with Gasteiger partial charge in [0.2, 0.25) is 5.91 Å². The summed E-state index contributed by atoms with van der Waals surface area (Å²) in [6.07, 6.45) is 3.77. The van der Waals surface area contributed by atoms with E-state index in [0.717, 1.165) is 25.4 Å². The summed E-state index contributed by atoms with van der Waals surface area (Å²) in [4.78, 5) is 18.9. The molecule has 0 aliphatic carbocycles. The molecule has 1 unspecified atom stereocenters. The Morgan fingerprint density at radius 3 is 2.33 bits per heavy atom. The second kappa shape index (κ2) is 13.0. The maximum absolute atomic E-state index is 12.0. The van der Waals surface area contributed by atoms with Crippen LogP contribution in [-0.4, -0.2) is 64.2 Å². The zero-order valence-electron chi connectivity index (χ0n) is 19.0. The van der Waals surface area contributed by atoms with Crippen molar-refractivity contribution in [2.75, 3.05) is 47.4 Å². The number of benzene rings is 1. The average Bonchev–Trinajstić information content (AvgIpc) is 2.76. The summed E-state index contributed by atoms with van der Waals surface area (Å²) >= 11 is 0. The van der Waals surface area contributed by atoms with E-state index in [0.29, 0.717) is 12.5 Å². The molecule has 1 atom stereocenters. The minimum absolute atomic E-state index is 0. The molecule has 30 heavy (non-hydrogen) atoms. The predicted octanol–water partition coefficient (Wildman–Crippen LogP) is 2.78. The quantitative estimate of drug-likeness (QED) is 0.273. The van der Waals surface area contributed by atoms with Gasteiger partial charge in [-0.1, -0.05) is 18.6 Å². The van der Waals surface area contributed by atoms with Crippen molar-refractivity contribution in [3.05, 3.63) is 29.8 Å². The molecule has 0 bridgehead atoms. The molecule has 170 valence electrons. The highest BCUT2D eigenvalue weighted by Crippen LogP contribution is 2.26. The van der Waals surface area contributed by atoms with Gasteiger partial charge in [0.1, 0.15) is 5.75 Å². The summed E-state index contributed by atoms with van der Waals surface area (Å²) in [7, 11) is 5.11. The van der Waals surface area contributed by atoms with E-state index in [-0.39, 0.29) is 35.9 Å². The minimum atomic E-state index is -0.519. The summed E-state index contributed by atoms with van der Waals surface area (Å²) in [5.41, 5.74) is 0.746. The average molecular weight is 531 g/mol. The largest absolute Gasteiger partial charge is 0.497 e. The van der Waals surface area contributed by atoms with E-state index in [1.807, 2.05) is 26.0 Å². The number of likely N-dealkylation sites (tertiary alicyclic amines) is 1. The van der Waals surface area contributed by atoms with Crippen LogP contribution in [0.4, 0.5) is 0 Å². The Hall–Kier alpha value is -1.55. The molecule has 1 aromatic rings. The van der Waals surface area contributed by atoms with E-state index in [2.05, 4.69) is 38.0 Å². The van der Waals surface area contributed by atoms with Crippen molar-refractivity contribution in [3.8, 4) is 5.75 Å². The van der Waals surface area contributed by atoms with Gasteiger partial charge in [-0.15, -0.1) is 24.0 Å². The lowest BCUT2D eigenvalue weighted by Crippen LogP contribution is -2.49. The van der Waals surface area contributed by atoms with E-state index in [1.54, 1.807) is 21.2 Å². The maximum Gasteiger partial charge on any atom is 0.227 e. The molecule has 0 saturated carbocycles. The predicted molar refractivity (Wildman–Crippen MR) is 134 cm³/mol. The molecule has 1 aliphatic rings. The second-order valence-corrected chi connectivity index (χ2v) is 8.16. The number of nitrogens with one attached hydrogen (secondary N) is 3. The van der Waals surface area contributed by atoms with Crippen LogP contribution in [0.1, 0.15) is 44.7 Å². The van der Waals surface area contributed by atoms with E-state index in [4.69, 9.17) is 4.74 Å². The molecule has 3 N–H and O–H groups in total. The molecule has 0 spiro atoms. The van der Waals surface area contributed by atoms with Gasteiger partial charge in [-0.05, 0) is 57.5 Å². The number of halogens is 1. The lowest BCUT2D eigenvalue weighted by Gasteiger charge is -2.35. The highest BCUT2D eigenvalue weighted by molar-refractivity contribution is 14.0. The van der Waals surface area contributed by atoms with Crippen LogP contribution in [-0.2, 0) is 4.79 Å². The van der Waals surface area contributed by atoms with Crippen LogP contribution in [0.5, 0.6) is 5.75 Å². The van der Waals surface area contributed by atoms with Crippen molar-refractivity contribution in [2.24, 2.45) is 10.4 Å². The highest BCUT2D eigenvalue weighted by atomic mass is 127. The molecule has 2 rings (SSSR count). The number of aliphatic imine (C=N–C) groups is 1. The van der Waals surface area contributed by atoms with Gasteiger partial charge >= 0.3 is 0 Å². The number of nitrogens with zero attached hydrogens (tertiary/aromatic N) is 2. The Balaban J connectivity index is 0.00000450. The molecule has 7 nitrogen and oxygen atoms in total. The zero-order chi connectivity index (χ0) is 21.3. The third kappa shape index (κ3) is 7.61. The molecule has 1 aromatic carbocycles. The van der Waals surface area contributed by atoms with Gasteiger partial charge in [-0.3, -0.25) is 14.7 Å². The maximum atomic E-state index is 12.0. The van der Waals surface area contributed by atoms with Gasteiger partial charge in [0.15, 0.2) is 5.96 Å². The molecule has 0 aromatic heterocycles. The first kappa shape index (κ1) is 26.5. The molecule has 8 heteroatoms. The fourth-order valence-corrected chi connectivity index (χ4v) is 3.65. The minimum Gasteiger partial charge on any atom is -0.497 e. The fraction of sp³-hybridized carbons (Fsp3) is 0.636. The Kier molecular flexibility index (Phi) is 11.5. The molecule has 1 fully saturated rings. The van der Waals surface area contributed by atoms with Gasteiger partial charge in [0.25, 0.3) is 0 Å².